The van der Waals surface area contributed by atoms with Crippen LogP contribution in [0, 0.1) is 11.8 Å². The van der Waals surface area contributed by atoms with Gasteiger partial charge in [-0.2, -0.15) is 0 Å². The van der Waals surface area contributed by atoms with Gasteiger partial charge in [-0.25, -0.2) is 9.59 Å². The Kier molecular flexibility index (Phi) is 11.2. The number of carboxylic acid groups (broad SMARTS) is 1. The summed E-state index contributed by atoms with van der Waals surface area (Å²) < 4.78 is 5.68. The zero-order valence-electron chi connectivity index (χ0n) is 25.3. The summed E-state index contributed by atoms with van der Waals surface area (Å²) in [5, 5.41) is 18.3. The van der Waals surface area contributed by atoms with Crippen molar-refractivity contribution in [3.8, 4) is 0 Å². The molecule has 1 aromatic heterocycles. The number of carbonyl (C=O) groups is 4. The minimum Gasteiger partial charge on any atom is -0.478 e. The molecule has 0 radical (unpaired) electrons. The standard InChI is InChI=1S/C34H42N4O6/c1-23-10-6-7-13-25(23)22-44-33(43)38-34(2,19-26-20-35-29-15-9-8-14-28(26)29)32(42)37-27(18-24-11-4-3-5-12-24)21-36-30(39)16-17-31(40)41/h3-5,8-9,11-12,14-17,20,23,25,27,35H,6-7,10,13,18-19,21-22H2,1-2H3,(H,36,39)(H,37,42)(H,38,43)(H,40,41)/b17-16+/t23-,25-,27-,34-/m1/s1. The first kappa shape index (κ1) is 32.3. The van der Waals surface area contributed by atoms with Gasteiger partial charge in [0.1, 0.15) is 5.54 Å². The molecule has 0 saturated heterocycles. The van der Waals surface area contributed by atoms with Crippen LogP contribution in [0.3, 0.4) is 0 Å². The molecule has 4 atom stereocenters. The Hall–Kier alpha value is -4.60. The van der Waals surface area contributed by atoms with Crippen molar-refractivity contribution >= 4 is 34.8 Å². The van der Waals surface area contributed by atoms with E-state index in [4.69, 9.17) is 9.84 Å². The lowest BCUT2D eigenvalue weighted by Crippen LogP contribution is -2.61. The highest BCUT2D eigenvalue weighted by molar-refractivity contribution is 5.94. The van der Waals surface area contributed by atoms with E-state index < -0.39 is 35.5 Å². The molecule has 3 amide bonds. The number of carbonyl (C=O) groups excluding carboxylic acids is 3. The van der Waals surface area contributed by atoms with Gasteiger partial charge in [0, 0.05) is 42.2 Å². The molecular formula is C34H42N4O6. The van der Waals surface area contributed by atoms with Crippen LogP contribution in [0.15, 0.2) is 72.9 Å². The molecule has 0 unspecified atom stereocenters. The van der Waals surface area contributed by atoms with Crippen molar-refractivity contribution < 1.29 is 29.0 Å². The molecular weight excluding hydrogens is 560 g/mol. The summed E-state index contributed by atoms with van der Waals surface area (Å²) >= 11 is 0. The molecule has 0 spiro atoms. The van der Waals surface area contributed by atoms with E-state index in [-0.39, 0.29) is 18.9 Å². The predicted molar refractivity (Wildman–Crippen MR) is 168 cm³/mol. The molecule has 10 heteroatoms. The quantitative estimate of drug-likeness (QED) is 0.182. The zero-order chi connectivity index (χ0) is 31.5. The third-order valence-corrected chi connectivity index (χ3v) is 8.38. The van der Waals surface area contributed by atoms with E-state index in [2.05, 4.69) is 27.9 Å². The van der Waals surface area contributed by atoms with E-state index in [1.54, 1.807) is 6.92 Å². The summed E-state index contributed by atoms with van der Waals surface area (Å²) in [5.74, 6) is -1.52. The summed E-state index contributed by atoms with van der Waals surface area (Å²) in [6.45, 7) is 4.19. The van der Waals surface area contributed by atoms with Crippen molar-refractivity contribution in [1.82, 2.24) is 20.9 Å². The molecule has 2 aromatic carbocycles. The second kappa shape index (κ2) is 15.2. The smallest absolute Gasteiger partial charge is 0.408 e. The van der Waals surface area contributed by atoms with Gasteiger partial charge in [0.25, 0.3) is 0 Å². The molecule has 0 bridgehead atoms. The van der Waals surface area contributed by atoms with Crippen LogP contribution >= 0.6 is 0 Å². The number of benzene rings is 2. The Balaban J connectivity index is 1.53. The first-order chi connectivity index (χ1) is 21.1. The van der Waals surface area contributed by atoms with E-state index in [0.717, 1.165) is 53.4 Å². The normalized spacial score (nSPS) is 18.7. The van der Waals surface area contributed by atoms with Gasteiger partial charge >= 0.3 is 12.1 Å². The molecule has 10 nitrogen and oxygen atoms in total. The molecule has 44 heavy (non-hydrogen) atoms. The van der Waals surface area contributed by atoms with Crippen molar-refractivity contribution in [2.45, 2.75) is 64.0 Å². The molecule has 1 fully saturated rings. The summed E-state index contributed by atoms with van der Waals surface area (Å²) in [6.07, 6.45) is 7.86. The fraction of sp³-hybridized carbons (Fsp3) is 0.412. The average molecular weight is 603 g/mol. The van der Waals surface area contributed by atoms with E-state index >= 15 is 0 Å². The lowest BCUT2D eigenvalue weighted by Gasteiger charge is -2.32. The molecule has 5 N–H and O–H groups in total. The Morgan fingerprint density at radius 3 is 2.52 bits per heavy atom. The highest BCUT2D eigenvalue weighted by Crippen LogP contribution is 2.30. The number of hydrogen-bond acceptors (Lipinski definition) is 5. The third kappa shape index (κ3) is 9.20. The SMILES string of the molecule is C[C@@H]1CCCC[C@@H]1COC(=O)N[C@](C)(Cc1c[nH]c2ccccc12)C(=O)N[C@@H](CNC(=O)/C=C/C(=O)O)Cc1ccccc1. The number of nitrogens with one attached hydrogen (secondary N) is 4. The highest BCUT2D eigenvalue weighted by atomic mass is 16.5. The number of para-hydroxylation sites is 1. The maximum atomic E-state index is 14.1. The topological polar surface area (TPSA) is 150 Å². The largest absolute Gasteiger partial charge is 0.478 e. The fourth-order valence-electron chi connectivity index (χ4n) is 5.77. The predicted octanol–water partition coefficient (Wildman–Crippen LogP) is 4.51. The maximum Gasteiger partial charge on any atom is 0.408 e. The van der Waals surface area contributed by atoms with Gasteiger partial charge in [0.2, 0.25) is 11.8 Å². The monoisotopic (exact) mass is 602 g/mol. The van der Waals surface area contributed by atoms with E-state index in [1.165, 1.54) is 6.42 Å². The van der Waals surface area contributed by atoms with Crippen LogP contribution in [-0.2, 0) is 32.0 Å². The van der Waals surface area contributed by atoms with Gasteiger partial charge < -0.3 is 30.8 Å². The van der Waals surface area contributed by atoms with Crippen molar-refractivity contribution in [3.05, 3.63) is 84.1 Å². The number of carboxylic acids is 1. The van der Waals surface area contributed by atoms with Gasteiger partial charge in [-0.15, -0.1) is 0 Å². The Bertz CT molecular complexity index is 1470. The minimum atomic E-state index is -1.40. The van der Waals surface area contributed by atoms with Crippen LogP contribution in [0.2, 0.25) is 0 Å². The van der Waals surface area contributed by atoms with Crippen LogP contribution < -0.4 is 16.0 Å². The Morgan fingerprint density at radius 2 is 1.77 bits per heavy atom. The number of fused-ring (bicyclic) bond motifs is 1. The first-order valence-electron chi connectivity index (χ1n) is 15.2. The highest BCUT2D eigenvalue weighted by Gasteiger charge is 2.38. The summed E-state index contributed by atoms with van der Waals surface area (Å²) in [6, 6.07) is 16.7. The fourth-order valence-corrected chi connectivity index (χ4v) is 5.77. The lowest BCUT2D eigenvalue weighted by molar-refractivity contribution is -0.131. The van der Waals surface area contributed by atoms with Crippen LogP contribution in [0.5, 0.6) is 0 Å². The van der Waals surface area contributed by atoms with Gasteiger partial charge in [0.15, 0.2) is 0 Å². The minimum absolute atomic E-state index is 0.0383. The van der Waals surface area contributed by atoms with Crippen molar-refractivity contribution in [1.29, 1.82) is 0 Å². The number of hydrogen-bond donors (Lipinski definition) is 5. The zero-order valence-corrected chi connectivity index (χ0v) is 25.3. The van der Waals surface area contributed by atoms with Crippen molar-refractivity contribution in [2.75, 3.05) is 13.2 Å². The number of aliphatic carboxylic acids is 1. The van der Waals surface area contributed by atoms with Crippen molar-refractivity contribution in [3.63, 3.8) is 0 Å². The van der Waals surface area contributed by atoms with E-state index in [1.807, 2.05) is 60.8 Å². The van der Waals surface area contributed by atoms with Crippen LogP contribution in [0.25, 0.3) is 10.9 Å². The van der Waals surface area contributed by atoms with Crippen LogP contribution in [0.1, 0.15) is 50.7 Å². The molecule has 234 valence electrons. The summed E-state index contributed by atoms with van der Waals surface area (Å²) in [5.41, 5.74) is 1.30. The number of H-pyrrole nitrogens is 1. The molecule has 1 heterocycles. The Labute approximate surface area is 257 Å². The number of aromatic amines is 1. The summed E-state index contributed by atoms with van der Waals surface area (Å²) in [4.78, 5) is 53.6. The van der Waals surface area contributed by atoms with E-state index in [9.17, 15) is 19.2 Å². The average Bonchev–Trinajstić information content (AvgIpc) is 3.41. The molecule has 1 aliphatic carbocycles. The maximum absolute atomic E-state index is 14.1. The molecule has 4 rings (SSSR count). The Morgan fingerprint density at radius 1 is 1.05 bits per heavy atom. The molecule has 1 saturated carbocycles. The van der Waals surface area contributed by atoms with Crippen LogP contribution in [0.4, 0.5) is 4.79 Å². The molecule has 1 aliphatic rings. The number of amides is 3. The number of aromatic nitrogens is 1. The van der Waals surface area contributed by atoms with Gasteiger partial charge in [-0.3, -0.25) is 9.59 Å². The second-order valence-electron chi connectivity index (χ2n) is 11.9. The lowest BCUT2D eigenvalue weighted by atomic mass is 9.81. The molecule has 3 aromatic rings. The second-order valence-corrected chi connectivity index (χ2v) is 11.9. The first-order valence-corrected chi connectivity index (χ1v) is 15.2. The van der Waals surface area contributed by atoms with Crippen LogP contribution in [-0.4, -0.2) is 58.7 Å². The van der Waals surface area contributed by atoms with Gasteiger partial charge in [0.05, 0.1) is 12.6 Å². The van der Waals surface area contributed by atoms with Crippen molar-refractivity contribution in [2.24, 2.45) is 11.8 Å². The summed E-state index contributed by atoms with van der Waals surface area (Å²) in [7, 11) is 0. The third-order valence-electron chi connectivity index (χ3n) is 8.38. The molecule has 0 aliphatic heterocycles. The van der Waals surface area contributed by atoms with Gasteiger partial charge in [-0.05, 0) is 48.8 Å². The van der Waals surface area contributed by atoms with E-state index in [0.29, 0.717) is 18.9 Å². The number of ether oxygens (including phenoxy) is 1. The van der Waals surface area contributed by atoms with Gasteiger partial charge in [-0.1, -0.05) is 74.7 Å². The number of rotatable bonds is 13. The number of alkyl carbamates (subject to hydrolysis) is 1.